The molecular weight excluding hydrogens is 271 g/mol. The average molecular weight is 279 g/mol. The van der Waals surface area contributed by atoms with E-state index in [1.165, 1.54) is 31.4 Å². The maximum Gasteiger partial charge on any atom is 0.203 e. The Morgan fingerprint density at radius 3 is 2.79 bits per heavy atom. The van der Waals surface area contributed by atoms with Crippen molar-refractivity contribution in [3.63, 3.8) is 0 Å². The highest BCUT2D eigenvalue weighted by molar-refractivity contribution is 6.32. The molecule has 0 aliphatic rings. The summed E-state index contributed by atoms with van der Waals surface area (Å²) < 4.78 is 24.3. The molecule has 3 aromatic rings. The lowest BCUT2D eigenvalue weighted by Gasteiger charge is -2.06. The van der Waals surface area contributed by atoms with Crippen LogP contribution in [-0.4, -0.2) is 7.11 Å². The molecule has 0 amide bonds. The van der Waals surface area contributed by atoms with Gasteiger partial charge in [0.2, 0.25) is 5.43 Å². The molecule has 0 aliphatic carbocycles. The second kappa shape index (κ2) is 4.24. The number of methoxy groups -OCH3 is 1. The summed E-state index contributed by atoms with van der Waals surface area (Å²) in [7, 11) is 1.46. The van der Waals surface area contributed by atoms with Gasteiger partial charge in [0.25, 0.3) is 0 Å². The van der Waals surface area contributed by atoms with Gasteiger partial charge in [0.15, 0.2) is 0 Å². The van der Waals surface area contributed by atoms with Crippen LogP contribution < -0.4 is 10.2 Å². The van der Waals surface area contributed by atoms with Crippen molar-refractivity contribution in [3.05, 3.63) is 51.4 Å². The summed E-state index contributed by atoms with van der Waals surface area (Å²) in [6.07, 6.45) is 0. The van der Waals surface area contributed by atoms with Crippen LogP contribution in [-0.2, 0) is 0 Å². The molecule has 96 valence electrons. The molecule has 3 nitrogen and oxygen atoms in total. The summed E-state index contributed by atoms with van der Waals surface area (Å²) in [5.74, 6) is -0.215. The molecule has 0 unspecified atom stereocenters. The van der Waals surface area contributed by atoms with Gasteiger partial charge >= 0.3 is 0 Å². The first kappa shape index (κ1) is 12.0. The van der Waals surface area contributed by atoms with Crippen LogP contribution in [0, 0.1) is 5.82 Å². The van der Waals surface area contributed by atoms with Crippen molar-refractivity contribution in [2.45, 2.75) is 0 Å². The highest BCUT2D eigenvalue weighted by Crippen LogP contribution is 2.30. The Morgan fingerprint density at radius 1 is 1.26 bits per heavy atom. The summed E-state index contributed by atoms with van der Waals surface area (Å²) in [4.78, 5) is 12.3. The van der Waals surface area contributed by atoms with Gasteiger partial charge in [0, 0.05) is 6.07 Å². The van der Waals surface area contributed by atoms with Crippen LogP contribution in [0.2, 0.25) is 5.02 Å². The summed E-state index contributed by atoms with van der Waals surface area (Å²) in [6, 6.07) is 7.19. The third kappa shape index (κ3) is 1.76. The van der Waals surface area contributed by atoms with Crippen molar-refractivity contribution in [2.75, 3.05) is 7.11 Å². The van der Waals surface area contributed by atoms with Gasteiger partial charge in [0.1, 0.15) is 28.1 Å². The molecule has 19 heavy (non-hydrogen) atoms. The highest BCUT2D eigenvalue weighted by atomic mass is 35.5. The zero-order chi connectivity index (χ0) is 13.6. The maximum absolute atomic E-state index is 13.7. The van der Waals surface area contributed by atoms with Gasteiger partial charge in [-0.3, -0.25) is 4.79 Å². The SMILES string of the molecule is COc1cc2oc3cccc(F)c3c(=O)c2cc1Cl. The molecule has 0 spiro atoms. The summed E-state index contributed by atoms with van der Waals surface area (Å²) in [5.41, 5.74) is 0.0603. The lowest BCUT2D eigenvalue weighted by molar-refractivity contribution is 0.415. The molecule has 0 atom stereocenters. The summed E-state index contributed by atoms with van der Waals surface area (Å²) in [5, 5.41) is 0.428. The van der Waals surface area contributed by atoms with Crippen molar-refractivity contribution >= 4 is 33.5 Å². The zero-order valence-corrected chi connectivity index (χ0v) is 10.6. The zero-order valence-electron chi connectivity index (χ0n) is 9.87. The van der Waals surface area contributed by atoms with Crippen LogP contribution in [0.4, 0.5) is 4.39 Å². The van der Waals surface area contributed by atoms with E-state index in [4.69, 9.17) is 20.8 Å². The number of fused-ring (bicyclic) bond motifs is 2. The standard InChI is InChI=1S/C14H8ClFO3/c1-18-12-6-11-7(5-8(12)15)14(17)13-9(16)3-2-4-10(13)19-11/h2-6H,1H3. The Bertz CT molecular complexity index is 855. The van der Waals surface area contributed by atoms with E-state index in [1.807, 2.05) is 0 Å². The Kier molecular flexibility index (Phi) is 2.68. The van der Waals surface area contributed by atoms with Crippen molar-refractivity contribution < 1.29 is 13.5 Å². The fraction of sp³-hybridized carbons (Fsp3) is 0.0714. The second-order valence-corrected chi connectivity index (χ2v) is 4.43. The predicted octanol–water partition coefficient (Wildman–Crippen LogP) is 3.75. The lowest BCUT2D eigenvalue weighted by Crippen LogP contribution is -2.04. The molecule has 0 radical (unpaired) electrons. The van der Waals surface area contributed by atoms with Gasteiger partial charge < -0.3 is 9.15 Å². The van der Waals surface area contributed by atoms with Crippen LogP contribution in [0.25, 0.3) is 21.9 Å². The van der Waals surface area contributed by atoms with Crippen LogP contribution >= 0.6 is 11.6 Å². The predicted molar refractivity (Wildman–Crippen MR) is 71.5 cm³/mol. The highest BCUT2D eigenvalue weighted by Gasteiger charge is 2.13. The van der Waals surface area contributed by atoms with Crippen molar-refractivity contribution in [1.29, 1.82) is 0 Å². The number of halogens is 2. The molecule has 0 N–H and O–H groups in total. The van der Waals surface area contributed by atoms with Crippen molar-refractivity contribution in [3.8, 4) is 5.75 Å². The quantitative estimate of drug-likeness (QED) is 0.637. The summed E-state index contributed by atoms with van der Waals surface area (Å²) in [6.45, 7) is 0. The van der Waals surface area contributed by atoms with E-state index in [0.717, 1.165) is 0 Å². The molecule has 5 heteroatoms. The van der Waals surface area contributed by atoms with E-state index in [0.29, 0.717) is 11.3 Å². The number of hydrogen-bond acceptors (Lipinski definition) is 3. The van der Waals surface area contributed by atoms with Gasteiger partial charge in [-0.15, -0.1) is 0 Å². The fourth-order valence-electron chi connectivity index (χ4n) is 2.02. The van der Waals surface area contributed by atoms with Gasteiger partial charge in [0.05, 0.1) is 17.5 Å². The molecule has 0 saturated carbocycles. The molecular formula is C14H8ClFO3. The first-order chi connectivity index (χ1) is 9.11. The molecule has 0 saturated heterocycles. The van der Waals surface area contributed by atoms with E-state index in [9.17, 15) is 9.18 Å². The molecule has 2 aromatic carbocycles. The number of hydrogen-bond donors (Lipinski definition) is 0. The van der Waals surface area contributed by atoms with Gasteiger partial charge in [-0.2, -0.15) is 0 Å². The number of benzene rings is 2. The van der Waals surface area contributed by atoms with E-state index < -0.39 is 11.2 Å². The van der Waals surface area contributed by atoms with E-state index in [2.05, 4.69) is 0 Å². The van der Waals surface area contributed by atoms with Crippen LogP contribution in [0.15, 0.2) is 39.5 Å². The minimum atomic E-state index is -0.611. The third-order valence-electron chi connectivity index (χ3n) is 2.92. The van der Waals surface area contributed by atoms with Gasteiger partial charge in [-0.05, 0) is 18.2 Å². The summed E-state index contributed by atoms with van der Waals surface area (Å²) >= 11 is 5.97. The molecule has 0 aliphatic heterocycles. The van der Waals surface area contributed by atoms with Crippen molar-refractivity contribution in [1.82, 2.24) is 0 Å². The monoisotopic (exact) mass is 278 g/mol. The third-order valence-corrected chi connectivity index (χ3v) is 3.22. The van der Waals surface area contributed by atoms with Crippen molar-refractivity contribution in [2.24, 2.45) is 0 Å². The fourth-order valence-corrected chi connectivity index (χ4v) is 2.26. The Morgan fingerprint density at radius 2 is 2.05 bits per heavy atom. The first-order valence-electron chi connectivity index (χ1n) is 5.50. The topological polar surface area (TPSA) is 39.4 Å². The second-order valence-electron chi connectivity index (χ2n) is 4.03. The normalized spacial score (nSPS) is 11.1. The molecule has 0 bridgehead atoms. The smallest absolute Gasteiger partial charge is 0.203 e. The van der Waals surface area contributed by atoms with Crippen LogP contribution in [0.5, 0.6) is 5.75 Å². The number of ether oxygens (including phenoxy) is 1. The molecule has 1 heterocycles. The Balaban J connectivity index is 2.54. The van der Waals surface area contributed by atoms with E-state index >= 15 is 0 Å². The van der Waals surface area contributed by atoms with E-state index in [1.54, 1.807) is 6.07 Å². The minimum absolute atomic E-state index is 0.0729. The number of rotatable bonds is 1. The molecule has 1 aromatic heterocycles. The Labute approximate surface area is 112 Å². The van der Waals surface area contributed by atoms with Gasteiger partial charge in [-0.1, -0.05) is 17.7 Å². The largest absolute Gasteiger partial charge is 0.495 e. The Hall–Kier alpha value is -2.07. The molecule has 3 rings (SSSR count). The van der Waals surface area contributed by atoms with Crippen LogP contribution in [0.1, 0.15) is 0 Å². The minimum Gasteiger partial charge on any atom is -0.495 e. The maximum atomic E-state index is 13.7. The van der Waals surface area contributed by atoms with Crippen LogP contribution in [0.3, 0.4) is 0 Å². The molecule has 0 fully saturated rings. The first-order valence-corrected chi connectivity index (χ1v) is 5.88. The average Bonchev–Trinajstić information content (AvgIpc) is 2.39. The lowest BCUT2D eigenvalue weighted by atomic mass is 10.1. The van der Waals surface area contributed by atoms with Gasteiger partial charge in [-0.25, -0.2) is 4.39 Å². The van der Waals surface area contributed by atoms with E-state index in [-0.39, 0.29) is 21.4 Å².